The molecular weight excluding hydrogens is 224 g/mol. The lowest BCUT2D eigenvalue weighted by atomic mass is 9.82. The van der Waals surface area contributed by atoms with Crippen molar-refractivity contribution in [2.24, 2.45) is 11.8 Å². The molecule has 2 fully saturated rings. The lowest BCUT2D eigenvalue weighted by Crippen LogP contribution is -2.58. The molecule has 0 atom stereocenters. The van der Waals surface area contributed by atoms with Crippen molar-refractivity contribution in [3.05, 3.63) is 0 Å². The molecule has 0 aromatic heterocycles. The molecule has 1 aliphatic carbocycles. The van der Waals surface area contributed by atoms with Crippen LogP contribution < -0.4 is 10.6 Å². The normalized spacial score (nSPS) is 26.7. The summed E-state index contributed by atoms with van der Waals surface area (Å²) in [5.74, 6) is 1.42. The Labute approximate surface area is 113 Å². The van der Waals surface area contributed by atoms with Crippen LogP contribution in [0.25, 0.3) is 0 Å². The Bertz CT molecular complexity index is 207. The molecule has 1 saturated heterocycles. The van der Waals surface area contributed by atoms with Crippen molar-refractivity contribution in [3.8, 4) is 0 Å². The molecule has 108 valence electrons. The van der Waals surface area contributed by atoms with Crippen LogP contribution >= 0.6 is 0 Å². The van der Waals surface area contributed by atoms with E-state index in [0.717, 1.165) is 31.8 Å². The highest BCUT2D eigenvalue weighted by Gasteiger charge is 2.27. The summed E-state index contributed by atoms with van der Waals surface area (Å²) < 4.78 is 0. The number of nitrogens with one attached hydrogen (secondary N) is 2. The molecule has 0 aromatic carbocycles. The zero-order valence-electron chi connectivity index (χ0n) is 12.9. The molecule has 3 heteroatoms. The molecule has 1 saturated carbocycles. The second-order valence-electron chi connectivity index (χ2n) is 4.82. The maximum Gasteiger partial charge on any atom is 0.223 e. The molecule has 1 aliphatic heterocycles. The number of amides is 1. The average Bonchev–Trinajstić information content (AvgIpc) is 2.39. The average molecular weight is 256 g/mol. The molecule has 1 heterocycles. The first kappa shape index (κ1) is 17.4. The van der Waals surface area contributed by atoms with Gasteiger partial charge in [0.25, 0.3) is 0 Å². The first-order valence-corrected chi connectivity index (χ1v) is 7.77. The van der Waals surface area contributed by atoms with E-state index in [1.165, 1.54) is 12.8 Å². The molecule has 2 rings (SSSR count). The zero-order chi connectivity index (χ0) is 14.0. The number of rotatable bonds is 2. The molecule has 0 aromatic rings. The largest absolute Gasteiger partial charge is 0.351 e. The van der Waals surface area contributed by atoms with Crippen molar-refractivity contribution in [2.75, 3.05) is 13.1 Å². The third kappa shape index (κ3) is 5.85. The van der Waals surface area contributed by atoms with Gasteiger partial charge in [0.2, 0.25) is 5.91 Å². The Morgan fingerprint density at radius 2 is 1.50 bits per heavy atom. The first-order chi connectivity index (χ1) is 8.75. The van der Waals surface area contributed by atoms with Crippen molar-refractivity contribution < 1.29 is 4.79 Å². The Balaban J connectivity index is 0.000000659. The Morgan fingerprint density at radius 3 is 1.89 bits per heavy atom. The lowest BCUT2D eigenvalue weighted by molar-refractivity contribution is -0.127. The maximum absolute atomic E-state index is 11.8. The van der Waals surface area contributed by atoms with Gasteiger partial charge in [-0.3, -0.25) is 4.79 Å². The van der Waals surface area contributed by atoms with Crippen LogP contribution in [0.1, 0.15) is 60.3 Å². The predicted octanol–water partition coefficient (Wildman–Crippen LogP) is 2.95. The summed E-state index contributed by atoms with van der Waals surface area (Å²) >= 11 is 0. The molecule has 3 nitrogen and oxygen atoms in total. The van der Waals surface area contributed by atoms with Crippen LogP contribution in [0, 0.1) is 11.8 Å². The summed E-state index contributed by atoms with van der Waals surface area (Å²) in [6.07, 6.45) is 4.63. The van der Waals surface area contributed by atoms with Gasteiger partial charge in [-0.1, -0.05) is 34.6 Å². The quantitative estimate of drug-likeness (QED) is 0.797. The lowest BCUT2D eigenvalue weighted by Gasteiger charge is -2.31. The number of carbonyl (C=O) groups is 1. The molecule has 2 aliphatic rings. The van der Waals surface area contributed by atoms with Crippen LogP contribution in [0.3, 0.4) is 0 Å². The molecule has 18 heavy (non-hydrogen) atoms. The zero-order valence-corrected chi connectivity index (χ0v) is 12.9. The van der Waals surface area contributed by atoms with E-state index in [9.17, 15) is 4.79 Å². The van der Waals surface area contributed by atoms with Gasteiger partial charge in [0.1, 0.15) is 0 Å². The van der Waals surface area contributed by atoms with E-state index < -0.39 is 0 Å². The molecule has 0 bridgehead atoms. The fraction of sp³-hybridized carbons (Fsp3) is 0.933. The minimum absolute atomic E-state index is 0.295. The Hall–Kier alpha value is -0.570. The molecule has 2 N–H and O–H groups in total. The second-order valence-corrected chi connectivity index (χ2v) is 4.82. The highest BCUT2D eigenvalue weighted by Crippen LogP contribution is 2.28. The van der Waals surface area contributed by atoms with E-state index in [1.807, 2.05) is 27.7 Å². The van der Waals surface area contributed by atoms with Gasteiger partial charge in [0.05, 0.1) is 6.04 Å². The molecular formula is C15H32N2O. The third-order valence-corrected chi connectivity index (χ3v) is 3.51. The molecule has 0 radical (unpaired) electrons. The summed E-state index contributed by atoms with van der Waals surface area (Å²) in [5, 5.41) is 6.26. The van der Waals surface area contributed by atoms with Gasteiger partial charge < -0.3 is 10.6 Å². The van der Waals surface area contributed by atoms with E-state index in [2.05, 4.69) is 17.6 Å². The summed E-state index contributed by atoms with van der Waals surface area (Å²) in [6, 6.07) is 0.404. The predicted molar refractivity (Wildman–Crippen MR) is 78.6 cm³/mol. The number of hydrogen-bond acceptors (Lipinski definition) is 2. The van der Waals surface area contributed by atoms with Crippen LogP contribution in [0.5, 0.6) is 0 Å². The maximum atomic E-state index is 11.8. The van der Waals surface area contributed by atoms with Crippen LogP contribution in [0.4, 0.5) is 0 Å². The topological polar surface area (TPSA) is 41.1 Å². The monoisotopic (exact) mass is 256 g/mol. The first-order valence-electron chi connectivity index (χ1n) is 7.77. The standard InChI is InChI=1S/C11H20N2O.2C2H6/c1-8-2-4-9(5-3-8)11(14)13-10-6-12-7-10;2*1-2/h8-10,12H,2-7H2,1H3,(H,13,14);2*1-2H3. The van der Waals surface area contributed by atoms with E-state index >= 15 is 0 Å². The van der Waals surface area contributed by atoms with Gasteiger partial charge in [-0.25, -0.2) is 0 Å². The van der Waals surface area contributed by atoms with E-state index in [-0.39, 0.29) is 0 Å². The summed E-state index contributed by atoms with van der Waals surface area (Å²) in [4.78, 5) is 11.8. The van der Waals surface area contributed by atoms with Gasteiger partial charge in [0, 0.05) is 19.0 Å². The number of carbonyl (C=O) groups excluding carboxylic acids is 1. The number of hydrogen-bond donors (Lipinski definition) is 2. The Morgan fingerprint density at radius 1 is 1.00 bits per heavy atom. The van der Waals surface area contributed by atoms with Crippen molar-refractivity contribution in [1.29, 1.82) is 0 Å². The van der Waals surface area contributed by atoms with E-state index in [0.29, 0.717) is 17.9 Å². The van der Waals surface area contributed by atoms with Crippen LogP contribution in [0.15, 0.2) is 0 Å². The summed E-state index contributed by atoms with van der Waals surface area (Å²) in [7, 11) is 0. The van der Waals surface area contributed by atoms with Crippen molar-refractivity contribution >= 4 is 5.91 Å². The van der Waals surface area contributed by atoms with Gasteiger partial charge in [-0.15, -0.1) is 0 Å². The van der Waals surface area contributed by atoms with E-state index in [1.54, 1.807) is 0 Å². The fourth-order valence-corrected chi connectivity index (χ4v) is 2.23. The van der Waals surface area contributed by atoms with Crippen LogP contribution in [0.2, 0.25) is 0 Å². The van der Waals surface area contributed by atoms with Crippen LogP contribution in [-0.2, 0) is 4.79 Å². The van der Waals surface area contributed by atoms with Crippen molar-refractivity contribution in [3.63, 3.8) is 0 Å². The van der Waals surface area contributed by atoms with Gasteiger partial charge >= 0.3 is 0 Å². The van der Waals surface area contributed by atoms with Crippen molar-refractivity contribution in [1.82, 2.24) is 10.6 Å². The second kappa shape index (κ2) is 10.4. The smallest absolute Gasteiger partial charge is 0.223 e. The highest BCUT2D eigenvalue weighted by atomic mass is 16.2. The van der Waals surface area contributed by atoms with Gasteiger partial charge in [0.15, 0.2) is 0 Å². The third-order valence-electron chi connectivity index (χ3n) is 3.51. The summed E-state index contributed by atoms with van der Waals surface area (Å²) in [6.45, 7) is 12.2. The highest BCUT2D eigenvalue weighted by molar-refractivity contribution is 5.79. The van der Waals surface area contributed by atoms with E-state index in [4.69, 9.17) is 0 Å². The van der Waals surface area contributed by atoms with Gasteiger partial charge in [-0.05, 0) is 31.6 Å². The van der Waals surface area contributed by atoms with Crippen LogP contribution in [-0.4, -0.2) is 25.0 Å². The molecule has 0 spiro atoms. The van der Waals surface area contributed by atoms with Gasteiger partial charge in [-0.2, -0.15) is 0 Å². The Kier molecular flexibility index (Phi) is 10.0. The molecule has 0 unspecified atom stereocenters. The SMILES string of the molecule is CC.CC.CC1CCC(C(=O)NC2CNC2)CC1. The minimum Gasteiger partial charge on any atom is -0.351 e. The fourth-order valence-electron chi connectivity index (χ4n) is 2.23. The van der Waals surface area contributed by atoms with Crippen molar-refractivity contribution in [2.45, 2.75) is 66.3 Å². The summed E-state index contributed by atoms with van der Waals surface area (Å²) in [5.41, 5.74) is 0. The molecule has 1 amide bonds. The minimum atomic E-state index is 0.295.